The average molecular weight is 142 g/mol. The summed E-state index contributed by atoms with van der Waals surface area (Å²) < 4.78 is 5.31. The molecule has 0 spiro atoms. The van der Waals surface area contributed by atoms with Crippen LogP contribution in [-0.4, -0.2) is 21.9 Å². The number of hydrogen-bond donors (Lipinski definition) is 2. The Bertz CT molecular complexity index is 209. The van der Waals surface area contributed by atoms with Crippen molar-refractivity contribution in [3.05, 3.63) is 11.5 Å². The van der Waals surface area contributed by atoms with Gasteiger partial charge in [-0.05, 0) is 19.8 Å². The topological polar surface area (TPSA) is 49.7 Å². The van der Waals surface area contributed by atoms with Crippen molar-refractivity contribution in [3.8, 4) is 0 Å². The van der Waals surface area contributed by atoms with Gasteiger partial charge in [-0.25, -0.2) is 0 Å². The third kappa shape index (κ3) is 0.491. The highest BCUT2D eigenvalue weighted by molar-refractivity contribution is 5.25. The fourth-order valence-corrected chi connectivity index (χ4v) is 1.63. The van der Waals surface area contributed by atoms with E-state index in [4.69, 9.17) is 9.84 Å². The van der Waals surface area contributed by atoms with E-state index in [2.05, 4.69) is 0 Å². The summed E-state index contributed by atoms with van der Waals surface area (Å²) in [7, 11) is 0. The van der Waals surface area contributed by atoms with Crippen LogP contribution in [0, 0.1) is 0 Å². The van der Waals surface area contributed by atoms with Gasteiger partial charge < -0.3 is 14.9 Å². The maximum Gasteiger partial charge on any atom is 0.164 e. The lowest BCUT2D eigenvalue weighted by Crippen LogP contribution is -2.23. The number of aliphatic hydroxyl groups excluding tert-OH is 2. The zero-order valence-corrected chi connectivity index (χ0v) is 5.79. The van der Waals surface area contributed by atoms with Crippen LogP contribution in [0.2, 0.25) is 0 Å². The van der Waals surface area contributed by atoms with E-state index in [0.717, 1.165) is 12.8 Å². The number of rotatable bonds is 0. The van der Waals surface area contributed by atoms with E-state index in [1.54, 1.807) is 6.92 Å². The maximum atomic E-state index is 9.25. The summed E-state index contributed by atoms with van der Waals surface area (Å²) in [6, 6.07) is 0. The van der Waals surface area contributed by atoms with Gasteiger partial charge in [-0.1, -0.05) is 0 Å². The van der Waals surface area contributed by atoms with Gasteiger partial charge in [0.05, 0.1) is 0 Å². The molecule has 0 aliphatic carbocycles. The minimum absolute atomic E-state index is 0.0313. The van der Waals surface area contributed by atoms with Crippen LogP contribution in [0.25, 0.3) is 0 Å². The van der Waals surface area contributed by atoms with Gasteiger partial charge in [-0.15, -0.1) is 0 Å². The van der Waals surface area contributed by atoms with Crippen molar-refractivity contribution >= 4 is 0 Å². The van der Waals surface area contributed by atoms with Gasteiger partial charge in [-0.3, -0.25) is 0 Å². The summed E-state index contributed by atoms with van der Waals surface area (Å²) in [4.78, 5) is 0. The van der Waals surface area contributed by atoms with Crippen LogP contribution in [0.4, 0.5) is 0 Å². The summed E-state index contributed by atoms with van der Waals surface area (Å²) in [5, 5.41) is 18.4. The smallest absolute Gasteiger partial charge is 0.164 e. The summed E-state index contributed by atoms with van der Waals surface area (Å²) in [5.74, 6) is 0.0671. The van der Waals surface area contributed by atoms with Gasteiger partial charge in [0, 0.05) is 0 Å². The van der Waals surface area contributed by atoms with E-state index >= 15 is 0 Å². The van der Waals surface area contributed by atoms with Crippen molar-refractivity contribution in [2.45, 2.75) is 31.5 Å². The van der Waals surface area contributed by atoms with E-state index in [-0.39, 0.29) is 17.6 Å². The number of hydrogen-bond acceptors (Lipinski definition) is 3. The van der Waals surface area contributed by atoms with E-state index in [9.17, 15) is 5.11 Å². The van der Waals surface area contributed by atoms with Gasteiger partial charge in [0.25, 0.3) is 0 Å². The van der Waals surface area contributed by atoms with Crippen molar-refractivity contribution in [1.29, 1.82) is 0 Å². The molecule has 2 aliphatic rings. The molecule has 10 heavy (non-hydrogen) atoms. The summed E-state index contributed by atoms with van der Waals surface area (Å²) in [6.07, 6.45) is 1.41. The molecule has 2 unspecified atom stereocenters. The lowest BCUT2D eigenvalue weighted by atomic mass is 9.94. The molecule has 56 valence electrons. The average Bonchev–Trinajstić information content (AvgIpc) is 2.35. The van der Waals surface area contributed by atoms with Crippen molar-refractivity contribution in [3.63, 3.8) is 0 Å². The fraction of sp³-hybridized carbons (Fsp3) is 0.714. The second kappa shape index (κ2) is 1.48. The van der Waals surface area contributed by atoms with Crippen molar-refractivity contribution < 1.29 is 14.9 Å². The molecule has 2 aliphatic heterocycles. The van der Waals surface area contributed by atoms with Gasteiger partial charge in [0.1, 0.15) is 11.7 Å². The molecule has 2 bridgehead atoms. The van der Waals surface area contributed by atoms with Crippen molar-refractivity contribution in [2.75, 3.05) is 0 Å². The monoisotopic (exact) mass is 142 g/mol. The molecule has 0 amide bonds. The third-order valence-corrected chi connectivity index (χ3v) is 2.33. The normalized spacial score (nSPS) is 45.1. The minimum Gasteiger partial charge on any atom is -0.506 e. The Morgan fingerprint density at radius 2 is 2.30 bits per heavy atom. The molecule has 1 fully saturated rings. The molecule has 2 atom stereocenters. The first-order chi connectivity index (χ1) is 4.63. The third-order valence-electron chi connectivity index (χ3n) is 2.33. The Morgan fingerprint density at radius 3 is 2.60 bits per heavy atom. The van der Waals surface area contributed by atoms with Crippen LogP contribution in [-0.2, 0) is 4.74 Å². The summed E-state index contributed by atoms with van der Waals surface area (Å²) in [5.41, 5.74) is -0.575. The number of aliphatic hydroxyl groups is 2. The molecule has 0 aromatic rings. The molecule has 0 radical (unpaired) electrons. The Balaban J connectivity index is 2.45. The highest BCUT2D eigenvalue weighted by Gasteiger charge is 2.50. The van der Waals surface area contributed by atoms with Gasteiger partial charge in [0.2, 0.25) is 0 Å². The SMILES string of the molecule is CC12CCC(O1)C(O)=C2O. The highest BCUT2D eigenvalue weighted by atomic mass is 16.6. The first kappa shape index (κ1) is 6.04. The van der Waals surface area contributed by atoms with Gasteiger partial charge >= 0.3 is 0 Å². The maximum absolute atomic E-state index is 9.25. The number of fused-ring (bicyclic) bond motifs is 2. The van der Waals surface area contributed by atoms with E-state index in [1.807, 2.05) is 0 Å². The van der Waals surface area contributed by atoms with Crippen molar-refractivity contribution in [1.82, 2.24) is 0 Å². The Morgan fingerprint density at radius 1 is 1.60 bits per heavy atom. The second-order valence-electron chi connectivity index (χ2n) is 3.11. The van der Waals surface area contributed by atoms with Gasteiger partial charge in [-0.2, -0.15) is 0 Å². The van der Waals surface area contributed by atoms with Crippen LogP contribution in [0.15, 0.2) is 11.5 Å². The van der Waals surface area contributed by atoms with Crippen LogP contribution < -0.4 is 0 Å². The van der Waals surface area contributed by atoms with E-state index in [0.29, 0.717) is 0 Å². The van der Waals surface area contributed by atoms with Gasteiger partial charge in [0.15, 0.2) is 11.5 Å². The summed E-state index contributed by atoms with van der Waals surface area (Å²) >= 11 is 0. The lowest BCUT2D eigenvalue weighted by Gasteiger charge is -2.17. The minimum atomic E-state index is -0.575. The first-order valence-corrected chi connectivity index (χ1v) is 3.44. The number of ether oxygens (including phenoxy) is 1. The predicted molar refractivity (Wildman–Crippen MR) is 34.8 cm³/mol. The molecule has 0 aromatic heterocycles. The van der Waals surface area contributed by atoms with Crippen LogP contribution >= 0.6 is 0 Å². The quantitative estimate of drug-likeness (QED) is 0.535. The standard InChI is InChI=1S/C7H10O3/c1-7-3-2-4(10-7)5(8)6(7)9/h4,8-9H,2-3H2,1H3. The Labute approximate surface area is 58.9 Å². The largest absolute Gasteiger partial charge is 0.506 e. The van der Waals surface area contributed by atoms with Crippen molar-refractivity contribution in [2.24, 2.45) is 0 Å². The molecule has 0 saturated carbocycles. The molecule has 3 nitrogen and oxygen atoms in total. The van der Waals surface area contributed by atoms with E-state index in [1.165, 1.54) is 0 Å². The van der Waals surface area contributed by atoms with Crippen LogP contribution in [0.3, 0.4) is 0 Å². The van der Waals surface area contributed by atoms with Crippen LogP contribution in [0.1, 0.15) is 19.8 Å². The zero-order valence-electron chi connectivity index (χ0n) is 5.79. The summed E-state index contributed by atoms with van der Waals surface area (Å²) in [6.45, 7) is 1.80. The van der Waals surface area contributed by atoms with Crippen LogP contribution in [0.5, 0.6) is 0 Å². The molecule has 3 heteroatoms. The Hall–Kier alpha value is -0.700. The highest BCUT2D eigenvalue weighted by Crippen LogP contribution is 2.44. The second-order valence-corrected chi connectivity index (χ2v) is 3.11. The van der Waals surface area contributed by atoms with E-state index < -0.39 is 5.60 Å². The lowest BCUT2D eigenvalue weighted by molar-refractivity contribution is 0.0124. The molecular weight excluding hydrogens is 132 g/mol. The Kier molecular flexibility index (Phi) is 0.892. The molecule has 2 rings (SSSR count). The molecule has 1 saturated heterocycles. The fourth-order valence-electron chi connectivity index (χ4n) is 1.63. The predicted octanol–water partition coefficient (Wildman–Crippen LogP) is 1.27. The molecule has 0 aromatic carbocycles. The molecule has 2 heterocycles. The zero-order chi connectivity index (χ0) is 7.35. The molecule has 2 N–H and O–H groups in total. The molecular formula is C7H10O3. The first-order valence-electron chi connectivity index (χ1n) is 3.44.